The van der Waals surface area contributed by atoms with Gasteiger partial charge in [-0.05, 0) is 30.0 Å². The monoisotopic (exact) mass is 352 g/mol. The Hall–Kier alpha value is -2.60. The SMILES string of the molecule is CC(=O)c1nn(CC(C)(C)C)c2ccc(-c3cnc(C(C)O)nc3)cc12. The van der Waals surface area contributed by atoms with E-state index in [4.69, 9.17) is 0 Å². The Kier molecular flexibility index (Phi) is 4.63. The van der Waals surface area contributed by atoms with Crippen molar-refractivity contribution in [2.45, 2.75) is 47.3 Å². The highest BCUT2D eigenvalue weighted by Gasteiger charge is 2.19. The van der Waals surface area contributed by atoms with Gasteiger partial charge in [-0.3, -0.25) is 9.48 Å². The molecule has 0 amide bonds. The van der Waals surface area contributed by atoms with Gasteiger partial charge in [0.05, 0.1) is 5.52 Å². The van der Waals surface area contributed by atoms with Crippen LogP contribution in [0.2, 0.25) is 0 Å². The second-order valence-corrected chi connectivity index (χ2v) is 7.86. The van der Waals surface area contributed by atoms with Crippen LogP contribution in [0, 0.1) is 5.41 Å². The van der Waals surface area contributed by atoms with Crippen molar-refractivity contribution in [2.24, 2.45) is 5.41 Å². The van der Waals surface area contributed by atoms with Crippen LogP contribution in [-0.2, 0) is 6.54 Å². The van der Waals surface area contributed by atoms with Crippen molar-refractivity contribution in [3.8, 4) is 11.1 Å². The molecule has 3 rings (SSSR count). The number of Topliss-reactive ketones (excluding diaryl/α,β-unsaturated/α-hetero) is 1. The minimum atomic E-state index is -0.702. The van der Waals surface area contributed by atoms with Crippen molar-refractivity contribution >= 4 is 16.7 Å². The van der Waals surface area contributed by atoms with Gasteiger partial charge in [0.2, 0.25) is 0 Å². The third-order valence-corrected chi connectivity index (χ3v) is 4.09. The van der Waals surface area contributed by atoms with Gasteiger partial charge in [0.1, 0.15) is 11.8 Å². The number of carbonyl (C=O) groups is 1. The molecule has 0 fully saturated rings. The summed E-state index contributed by atoms with van der Waals surface area (Å²) in [7, 11) is 0. The lowest BCUT2D eigenvalue weighted by molar-refractivity contribution is 0.101. The third-order valence-electron chi connectivity index (χ3n) is 4.09. The smallest absolute Gasteiger partial charge is 0.180 e. The molecule has 0 saturated heterocycles. The molecule has 1 N–H and O–H groups in total. The van der Waals surface area contributed by atoms with Crippen LogP contribution in [0.1, 0.15) is 57.0 Å². The molecule has 0 radical (unpaired) electrons. The van der Waals surface area contributed by atoms with Crippen LogP contribution in [0.3, 0.4) is 0 Å². The largest absolute Gasteiger partial charge is 0.385 e. The molecule has 0 aliphatic carbocycles. The molecule has 2 heterocycles. The number of carbonyl (C=O) groups excluding carboxylic acids is 1. The van der Waals surface area contributed by atoms with Crippen molar-refractivity contribution in [2.75, 3.05) is 0 Å². The van der Waals surface area contributed by atoms with E-state index in [1.54, 1.807) is 19.3 Å². The highest BCUT2D eigenvalue weighted by molar-refractivity contribution is 6.05. The average molecular weight is 352 g/mol. The Bertz CT molecular complexity index is 950. The van der Waals surface area contributed by atoms with Crippen molar-refractivity contribution in [3.05, 3.63) is 42.1 Å². The van der Waals surface area contributed by atoms with Crippen molar-refractivity contribution in [1.29, 1.82) is 0 Å². The number of rotatable bonds is 4. The Balaban J connectivity index is 2.10. The van der Waals surface area contributed by atoms with E-state index in [1.807, 2.05) is 22.9 Å². The molecule has 0 aliphatic rings. The van der Waals surface area contributed by atoms with Gasteiger partial charge in [-0.2, -0.15) is 5.10 Å². The fourth-order valence-corrected chi connectivity index (χ4v) is 2.89. The Morgan fingerprint density at radius 2 is 1.85 bits per heavy atom. The predicted molar refractivity (Wildman–Crippen MR) is 101 cm³/mol. The predicted octanol–water partition coefficient (Wildman–Crippen LogP) is 3.80. The molecule has 26 heavy (non-hydrogen) atoms. The average Bonchev–Trinajstić information content (AvgIpc) is 2.91. The Morgan fingerprint density at radius 1 is 1.19 bits per heavy atom. The number of ketones is 1. The number of fused-ring (bicyclic) bond motifs is 1. The topological polar surface area (TPSA) is 80.9 Å². The zero-order chi connectivity index (χ0) is 19.1. The first-order valence-corrected chi connectivity index (χ1v) is 8.67. The normalized spacial score (nSPS) is 13.2. The molecule has 1 unspecified atom stereocenters. The first-order valence-electron chi connectivity index (χ1n) is 8.67. The molecule has 6 heteroatoms. The molecule has 3 aromatic rings. The number of aliphatic hydroxyl groups is 1. The highest BCUT2D eigenvalue weighted by atomic mass is 16.3. The molecule has 1 atom stereocenters. The fourth-order valence-electron chi connectivity index (χ4n) is 2.89. The molecule has 2 aromatic heterocycles. The summed E-state index contributed by atoms with van der Waals surface area (Å²) in [5.74, 6) is 0.331. The van der Waals surface area contributed by atoms with Gasteiger partial charge in [0.25, 0.3) is 0 Å². The molecule has 0 spiro atoms. The van der Waals surface area contributed by atoms with Gasteiger partial charge in [-0.1, -0.05) is 26.8 Å². The van der Waals surface area contributed by atoms with Crippen LogP contribution < -0.4 is 0 Å². The quantitative estimate of drug-likeness (QED) is 0.722. The number of nitrogens with zero attached hydrogens (tertiary/aromatic N) is 4. The summed E-state index contributed by atoms with van der Waals surface area (Å²) in [6, 6.07) is 5.92. The minimum Gasteiger partial charge on any atom is -0.385 e. The van der Waals surface area contributed by atoms with E-state index in [9.17, 15) is 9.90 Å². The van der Waals surface area contributed by atoms with Gasteiger partial charge >= 0.3 is 0 Å². The van der Waals surface area contributed by atoms with E-state index >= 15 is 0 Å². The number of hydrogen-bond donors (Lipinski definition) is 1. The summed E-state index contributed by atoms with van der Waals surface area (Å²) in [5, 5.41) is 14.9. The van der Waals surface area contributed by atoms with Crippen LogP contribution >= 0.6 is 0 Å². The maximum atomic E-state index is 12.1. The lowest BCUT2D eigenvalue weighted by Gasteiger charge is -2.18. The van der Waals surface area contributed by atoms with Crippen LogP contribution in [0.25, 0.3) is 22.0 Å². The molecule has 0 saturated carbocycles. The van der Waals surface area contributed by atoms with Crippen molar-refractivity contribution < 1.29 is 9.90 Å². The van der Waals surface area contributed by atoms with Gasteiger partial charge < -0.3 is 5.11 Å². The minimum absolute atomic E-state index is 0.0519. The molecule has 136 valence electrons. The maximum Gasteiger partial charge on any atom is 0.180 e. The zero-order valence-electron chi connectivity index (χ0n) is 15.8. The molecule has 1 aromatic carbocycles. The lowest BCUT2D eigenvalue weighted by Crippen LogP contribution is -2.16. The third kappa shape index (κ3) is 3.65. The Labute approximate surface area is 152 Å². The summed E-state index contributed by atoms with van der Waals surface area (Å²) in [6.07, 6.45) is 2.67. The fraction of sp³-hybridized carbons (Fsp3) is 0.400. The molecular formula is C20H24N4O2. The summed E-state index contributed by atoms with van der Waals surface area (Å²) in [4.78, 5) is 20.5. The van der Waals surface area contributed by atoms with E-state index in [0.29, 0.717) is 11.5 Å². The summed E-state index contributed by atoms with van der Waals surface area (Å²) < 4.78 is 1.91. The summed E-state index contributed by atoms with van der Waals surface area (Å²) in [5.41, 5.74) is 3.21. The number of aromatic nitrogens is 4. The number of aliphatic hydroxyl groups excluding tert-OH is 1. The first kappa shape index (κ1) is 18.2. The van der Waals surface area contributed by atoms with Gasteiger partial charge in [0.15, 0.2) is 11.6 Å². The highest BCUT2D eigenvalue weighted by Crippen LogP contribution is 2.28. The van der Waals surface area contributed by atoms with Gasteiger partial charge in [-0.15, -0.1) is 0 Å². The van der Waals surface area contributed by atoms with Gasteiger partial charge in [0, 0.05) is 36.8 Å². The van der Waals surface area contributed by atoms with E-state index in [1.165, 1.54) is 6.92 Å². The van der Waals surface area contributed by atoms with Crippen LogP contribution in [0.4, 0.5) is 0 Å². The second-order valence-electron chi connectivity index (χ2n) is 7.86. The second kappa shape index (κ2) is 6.61. The van der Waals surface area contributed by atoms with E-state index in [-0.39, 0.29) is 11.2 Å². The first-order chi connectivity index (χ1) is 12.2. The standard InChI is InChI=1S/C20H24N4O2/c1-12(25)18-16-8-14(15-9-21-19(13(2)26)22-10-15)6-7-17(16)24(23-18)11-20(3,4)5/h6-10,13,26H,11H2,1-5H3. The molecule has 0 bridgehead atoms. The van der Waals surface area contributed by atoms with E-state index < -0.39 is 6.10 Å². The molecular weight excluding hydrogens is 328 g/mol. The summed E-state index contributed by atoms with van der Waals surface area (Å²) >= 11 is 0. The summed E-state index contributed by atoms with van der Waals surface area (Å²) in [6.45, 7) is 10.3. The number of benzene rings is 1. The van der Waals surface area contributed by atoms with Gasteiger partial charge in [-0.25, -0.2) is 9.97 Å². The van der Waals surface area contributed by atoms with Crippen molar-refractivity contribution in [3.63, 3.8) is 0 Å². The van der Waals surface area contributed by atoms with Crippen LogP contribution in [0.15, 0.2) is 30.6 Å². The van der Waals surface area contributed by atoms with Crippen LogP contribution in [-0.4, -0.2) is 30.6 Å². The molecule has 6 nitrogen and oxygen atoms in total. The van der Waals surface area contributed by atoms with Crippen LogP contribution in [0.5, 0.6) is 0 Å². The molecule has 0 aliphatic heterocycles. The maximum absolute atomic E-state index is 12.1. The Morgan fingerprint density at radius 3 is 2.38 bits per heavy atom. The van der Waals surface area contributed by atoms with E-state index in [2.05, 4.69) is 35.8 Å². The van der Waals surface area contributed by atoms with Crippen molar-refractivity contribution in [1.82, 2.24) is 19.7 Å². The zero-order valence-corrected chi connectivity index (χ0v) is 15.8. The lowest BCUT2D eigenvalue weighted by atomic mass is 9.97. The number of hydrogen-bond acceptors (Lipinski definition) is 5. The van der Waals surface area contributed by atoms with E-state index in [0.717, 1.165) is 28.6 Å².